The summed E-state index contributed by atoms with van der Waals surface area (Å²) < 4.78 is 5.65. The molecule has 0 bridgehead atoms. The molecule has 0 saturated heterocycles. The van der Waals surface area contributed by atoms with E-state index in [0.29, 0.717) is 11.8 Å². The van der Waals surface area contributed by atoms with Gasteiger partial charge in [-0.15, -0.1) is 0 Å². The van der Waals surface area contributed by atoms with Gasteiger partial charge in [0, 0.05) is 5.92 Å². The highest BCUT2D eigenvalue weighted by molar-refractivity contribution is 5.87. The fraction of sp³-hybridized carbons (Fsp3) is 0.217. The summed E-state index contributed by atoms with van der Waals surface area (Å²) in [6.07, 6.45) is 5.83. The van der Waals surface area contributed by atoms with Crippen molar-refractivity contribution in [1.29, 1.82) is 0 Å². The molecule has 0 aromatic heterocycles. The second-order valence-electron chi connectivity index (χ2n) is 6.97. The fourth-order valence-corrected chi connectivity index (χ4v) is 4.59. The highest BCUT2D eigenvalue weighted by Crippen LogP contribution is 2.52. The molecule has 0 radical (unpaired) electrons. The van der Waals surface area contributed by atoms with Gasteiger partial charge >= 0.3 is 0 Å². The number of hydrogen-bond donors (Lipinski definition) is 1. The lowest BCUT2D eigenvalue weighted by Gasteiger charge is -2.38. The third-order valence-electron chi connectivity index (χ3n) is 5.74. The minimum absolute atomic E-state index is 0.287. The van der Waals surface area contributed by atoms with E-state index in [1.54, 1.807) is 7.11 Å². The summed E-state index contributed by atoms with van der Waals surface area (Å²) in [6.45, 7) is 0. The van der Waals surface area contributed by atoms with Crippen LogP contribution in [0.4, 0.5) is 5.69 Å². The van der Waals surface area contributed by atoms with Gasteiger partial charge in [-0.25, -0.2) is 0 Å². The number of fused-ring (bicyclic) bond motifs is 4. The quantitative estimate of drug-likeness (QED) is 0.612. The average Bonchev–Trinajstić information content (AvgIpc) is 3.16. The number of benzene rings is 3. The van der Waals surface area contributed by atoms with Gasteiger partial charge in [-0.05, 0) is 40.3 Å². The molecule has 2 aliphatic rings. The normalized spacial score (nSPS) is 23.8. The maximum absolute atomic E-state index is 5.65. The van der Waals surface area contributed by atoms with Crippen molar-refractivity contribution in [3.63, 3.8) is 0 Å². The molecular formula is C23H21NO. The van der Waals surface area contributed by atoms with Gasteiger partial charge in [0.2, 0.25) is 0 Å². The standard InChI is InChI=1S/C23H21NO/c1-25-21-14-6-13-20-17-10-5-12-19(17)22(24-23(20)21)18-11-4-8-15-7-2-3-9-16(15)18/h2-11,13-14,17,19,22,24H,12H2,1H3/t17-,19+,22-/m0/s1. The molecule has 2 heteroatoms. The molecule has 3 aromatic carbocycles. The first-order valence-corrected chi connectivity index (χ1v) is 8.94. The molecule has 3 aromatic rings. The van der Waals surface area contributed by atoms with Crippen LogP contribution < -0.4 is 10.1 Å². The maximum atomic E-state index is 5.65. The van der Waals surface area contributed by atoms with Gasteiger partial charge in [0.25, 0.3) is 0 Å². The Kier molecular flexibility index (Phi) is 3.30. The molecule has 25 heavy (non-hydrogen) atoms. The van der Waals surface area contributed by atoms with Crippen molar-refractivity contribution in [2.45, 2.75) is 18.4 Å². The largest absolute Gasteiger partial charge is 0.495 e. The molecule has 0 amide bonds. The molecule has 5 rings (SSSR count). The van der Waals surface area contributed by atoms with Gasteiger partial charge in [0.1, 0.15) is 5.75 Å². The molecule has 1 heterocycles. The van der Waals surface area contributed by atoms with Gasteiger partial charge in [-0.2, -0.15) is 0 Å². The first kappa shape index (κ1) is 14.6. The van der Waals surface area contributed by atoms with E-state index in [-0.39, 0.29) is 6.04 Å². The summed E-state index contributed by atoms with van der Waals surface area (Å²) in [5, 5.41) is 6.47. The van der Waals surface area contributed by atoms with E-state index in [1.807, 2.05) is 6.07 Å². The number of methoxy groups -OCH3 is 1. The fourth-order valence-electron chi connectivity index (χ4n) is 4.59. The zero-order valence-electron chi connectivity index (χ0n) is 14.3. The van der Waals surface area contributed by atoms with E-state index >= 15 is 0 Å². The molecule has 0 unspecified atom stereocenters. The van der Waals surface area contributed by atoms with Crippen molar-refractivity contribution in [3.8, 4) is 5.75 Å². The third-order valence-corrected chi connectivity index (χ3v) is 5.74. The molecule has 0 saturated carbocycles. The van der Waals surface area contributed by atoms with Crippen molar-refractivity contribution in [2.75, 3.05) is 12.4 Å². The van der Waals surface area contributed by atoms with Crippen molar-refractivity contribution in [1.82, 2.24) is 0 Å². The van der Waals surface area contributed by atoms with Gasteiger partial charge in [-0.1, -0.05) is 66.7 Å². The first-order chi connectivity index (χ1) is 12.4. The average molecular weight is 327 g/mol. The Morgan fingerprint density at radius 3 is 2.64 bits per heavy atom. The second-order valence-corrected chi connectivity index (χ2v) is 6.97. The topological polar surface area (TPSA) is 21.3 Å². The zero-order chi connectivity index (χ0) is 16.8. The molecule has 124 valence electrons. The van der Waals surface area contributed by atoms with Crippen LogP contribution in [0.3, 0.4) is 0 Å². The van der Waals surface area contributed by atoms with E-state index < -0.39 is 0 Å². The number of hydrogen-bond acceptors (Lipinski definition) is 2. The predicted molar refractivity (Wildman–Crippen MR) is 103 cm³/mol. The number of rotatable bonds is 2. The van der Waals surface area contributed by atoms with Crippen LogP contribution in [0.5, 0.6) is 5.75 Å². The minimum Gasteiger partial charge on any atom is -0.495 e. The van der Waals surface area contributed by atoms with Crippen molar-refractivity contribution < 1.29 is 4.74 Å². The van der Waals surface area contributed by atoms with E-state index in [0.717, 1.165) is 17.9 Å². The summed E-state index contributed by atoms with van der Waals surface area (Å²) in [4.78, 5) is 0. The SMILES string of the molecule is COc1cccc2c1N[C@@H](c1cccc3ccccc13)[C@@H]1CC=C[C@H]21. The maximum Gasteiger partial charge on any atom is 0.142 e. The van der Waals surface area contributed by atoms with Gasteiger partial charge < -0.3 is 10.1 Å². The highest BCUT2D eigenvalue weighted by atomic mass is 16.5. The molecule has 2 nitrogen and oxygen atoms in total. The monoisotopic (exact) mass is 327 g/mol. The lowest BCUT2D eigenvalue weighted by Crippen LogP contribution is -2.29. The number of anilines is 1. The van der Waals surface area contributed by atoms with Crippen LogP contribution in [0.15, 0.2) is 72.8 Å². The van der Waals surface area contributed by atoms with Crippen LogP contribution in [-0.4, -0.2) is 7.11 Å². The molecule has 3 atom stereocenters. The van der Waals surface area contributed by atoms with Crippen molar-refractivity contribution >= 4 is 16.5 Å². The lowest BCUT2D eigenvalue weighted by molar-refractivity contribution is 0.398. The van der Waals surface area contributed by atoms with E-state index in [4.69, 9.17) is 4.74 Å². The molecule has 1 aliphatic heterocycles. The van der Waals surface area contributed by atoms with Crippen molar-refractivity contribution in [3.05, 3.63) is 83.9 Å². The summed E-state index contributed by atoms with van der Waals surface area (Å²) in [7, 11) is 1.75. The predicted octanol–water partition coefficient (Wildman–Crippen LogP) is 5.67. The highest BCUT2D eigenvalue weighted by Gasteiger charge is 2.39. The molecule has 0 fully saturated rings. The Bertz CT molecular complexity index is 969. The van der Waals surface area contributed by atoms with Crippen molar-refractivity contribution in [2.24, 2.45) is 5.92 Å². The number of allylic oxidation sites excluding steroid dienone is 2. The second kappa shape index (κ2) is 5.66. The first-order valence-electron chi connectivity index (χ1n) is 8.94. The summed E-state index contributed by atoms with van der Waals surface area (Å²) in [5.41, 5.74) is 3.89. The third kappa shape index (κ3) is 2.17. The van der Waals surface area contributed by atoms with Crippen LogP contribution in [0.1, 0.15) is 29.5 Å². The van der Waals surface area contributed by atoms with E-state index in [9.17, 15) is 0 Å². The molecule has 0 spiro atoms. The lowest BCUT2D eigenvalue weighted by atomic mass is 9.76. The number of para-hydroxylation sites is 1. The molecule has 1 N–H and O–H groups in total. The van der Waals surface area contributed by atoms with Crippen LogP contribution in [-0.2, 0) is 0 Å². The Hall–Kier alpha value is -2.74. The summed E-state index contributed by atoms with van der Waals surface area (Å²) in [6, 6.07) is 22.0. The van der Waals surface area contributed by atoms with Crippen LogP contribution in [0, 0.1) is 5.92 Å². The Morgan fingerprint density at radius 1 is 0.920 bits per heavy atom. The Labute approximate surface area is 148 Å². The number of nitrogens with one attached hydrogen (secondary N) is 1. The number of ether oxygens (including phenoxy) is 1. The van der Waals surface area contributed by atoms with Crippen LogP contribution in [0.25, 0.3) is 10.8 Å². The van der Waals surface area contributed by atoms with Gasteiger partial charge in [-0.3, -0.25) is 0 Å². The molecule has 1 aliphatic carbocycles. The van der Waals surface area contributed by atoms with Crippen LogP contribution in [0.2, 0.25) is 0 Å². The smallest absolute Gasteiger partial charge is 0.142 e. The van der Waals surface area contributed by atoms with Crippen LogP contribution >= 0.6 is 0 Å². The summed E-state index contributed by atoms with van der Waals surface area (Å²) >= 11 is 0. The Balaban J connectivity index is 1.70. The van der Waals surface area contributed by atoms with E-state index in [2.05, 4.69) is 72.1 Å². The summed E-state index contributed by atoms with van der Waals surface area (Å²) in [5.74, 6) is 1.93. The molecular weight excluding hydrogens is 306 g/mol. The Morgan fingerprint density at radius 2 is 1.72 bits per heavy atom. The van der Waals surface area contributed by atoms with E-state index in [1.165, 1.54) is 21.9 Å². The zero-order valence-corrected chi connectivity index (χ0v) is 14.3. The van der Waals surface area contributed by atoms with Gasteiger partial charge in [0.15, 0.2) is 0 Å². The minimum atomic E-state index is 0.287. The van der Waals surface area contributed by atoms with Gasteiger partial charge in [0.05, 0.1) is 18.8 Å².